The molecule has 0 aliphatic heterocycles. The lowest BCUT2D eigenvalue weighted by molar-refractivity contribution is -0.0857. The highest BCUT2D eigenvalue weighted by Gasteiger charge is 2.39. The third kappa shape index (κ3) is 3.39. The van der Waals surface area contributed by atoms with Gasteiger partial charge in [0.05, 0.1) is 7.11 Å². The number of nitrogen functional groups attached to an aromatic ring is 1. The maximum Gasteiger partial charge on any atom is 0.170 e. The molecule has 5 heteroatoms. The molecule has 0 fully saturated rings. The average molecular weight is 302 g/mol. The van der Waals surface area contributed by atoms with Gasteiger partial charge in [-0.15, -0.1) is 0 Å². The van der Waals surface area contributed by atoms with E-state index >= 15 is 0 Å². The molecule has 0 spiro atoms. The summed E-state index contributed by atoms with van der Waals surface area (Å²) >= 11 is 0. The minimum Gasteiger partial charge on any atom is -0.498 e. The van der Waals surface area contributed by atoms with Gasteiger partial charge >= 0.3 is 0 Å². The summed E-state index contributed by atoms with van der Waals surface area (Å²) in [6.45, 7) is 0. The first-order valence-corrected chi connectivity index (χ1v) is 6.91. The number of anilines is 1. The van der Waals surface area contributed by atoms with E-state index in [1.165, 1.54) is 0 Å². The van der Waals surface area contributed by atoms with Gasteiger partial charge in [0.2, 0.25) is 0 Å². The van der Waals surface area contributed by atoms with Crippen molar-refractivity contribution in [3.8, 4) is 0 Å². The topological polar surface area (TPSA) is 79.7 Å². The van der Waals surface area contributed by atoms with E-state index in [9.17, 15) is 0 Å². The Hall–Kier alpha value is -2.08. The summed E-state index contributed by atoms with van der Waals surface area (Å²) in [5, 5.41) is 0. The average Bonchev–Trinajstić information content (AvgIpc) is 2.53. The van der Waals surface area contributed by atoms with E-state index in [2.05, 4.69) is 0 Å². The maximum atomic E-state index is 6.26. The number of ether oxygens (including phenoxy) is 3. The second-order valence-corrected chi connectivity index (χ2v) is 5.07. The van der Waals surface area contributed by atoms with Crippen molar-refractivity contribution in [2.45, 2.75) is 11.8 Å². The van der Waals surface area contributed by atoms with Crippen LogP contribution >= 0.6 is 0 Å². The van der Waals surface area contributed by atoms with Crippen LogP contribution in [0.25, 0.3) is 6.08 Å². The molecule has 0 aromatic heterocycles. The lowest BCUT2D eigenvalue weighted by Gasteiger charge is -2.36. The minimum absolute atomic E-state index is 0.490. The first kappa shape index (κ1) is 16.3. The lowest BCUT2D eigenvalue weighted by Crippen LogP contribution is -2.54. The number of allylic oxidation sites excluding steroid dienone is 3. The van der Waals surface area contributed by atoms with E-state index in [1.54, 1.807) is 21.3 Å². The molecule has 5 nitrogen and oxygen atoms in total. The molecule has 0 saturated heterocycles. The minimum atomic E-state index is -1.07. The standard InChI is InChI=1S/C17H22N2O3/c1-20-15-10-13(11-17(19,22-3)16(15)21-2)5-4-12-6-8-14(18)9-7-12/h4-11,16H,18-19H2,1-3H3. The summed E-state index contributed by atoms with van der Waals surface area (Å²) in [7, 11) is 4.70. The number of hydrogen-bond donors (Lipinski definition) is 2. The van der Waals surface area contributed by atoms with E-state index in [0.717, 1.165) is 16.8 Å². The second-order valence-electron chi connectivity index (χ2n) is 5.07. The van der Waals surface area contributed by atoms with Crippen LogP contribution in [-0.4, -0.2) is 33.2 Å². The Morgan fingerprint density at radius 1 is 1.09 bits per heavy atom. The molecule has 118 valence electrons. The SMILES string of the molecule is COC1=CC(C=Cc2ccc(N)cc2)=CC(N)(OC)C1OC. The van der Waals surface area contributed by atoms with Gasteiger partial charge in [-0.2, -0.15) is 0 Å². The van der Waals surface area contributed by atoms with Crippen LogP contribution in [0.4, 0.5) is 5.69 Å². The molecule has 0 bridgehead atoms. The van der Waals surface area contributed by atoms with Crippen LogP contribution in [0.3, 0.4) is 0 Å². The van der Waals surface area contributed by atoms with Crippen molar-refractivity contribution in [2.75, 3.05) is 27.1 Å². The molecule has 0 saturated carbocycles. The van der Waals surface area contributed by atoms with Crippen molar-refractivity contribution in [3.05, 3.63) is 59.4 Å². The summed E-state index contributed by atoms with van der Waals surface area (Å²) in [6, 6.07) is 7.60. The fourth-order valence-corrected chi connectivity index (χ4v) is 2.37. The van der Waals surface area contributed by atoms with Gasteiger partial charge < -0.3 is 19.9 Å². The maximum absolute atomic E-state index is 6.26. The van der Waals surface area contributed by atoms with Crippen LogP contribution in [0, 0.1) is 0 Å². The van der Waals surface area contributed by atoms with Gasteiger partial charge in [-0.25, -0.2) is 0 Å². The fraction of sp³-hybridized carbons (Fsp3) is 0.294. The summed E-state index contributed by atoms with van der Waals surface area (Å²) in [4.78, 5) is 0. The summed E-state index contributed by atoms with van der Waals surface area (Å²) in [5.41, 5.74) is 13.5. The van der Waals surface area contributed by atoms with Crippen molar-refractivity contribution in [2.24, 2.45) is 5.73 Å². The molecule has 2 unspecified atom stereocenters. The smallest absolute Gasteiger partial charge is 0.170 e. The van der Waals surface area contributed by atoms with Gasteiger partial charge in [-0.3, -0.25) is 5.73 Å². The van der Waals surface area contributed by atoms with Gasteiger partial charge in [0.15, 0.2) is 11.8 Å². The van der Waals surface area contributed by atoms with Crippen LogP contribution in [-0.2, 0) is 14.2 Å². The van der Waals surface area contributed by atoms with Gasteiger partial charge in [0.25, 0.3) is 0 Å². The molecule has 1 aromatic carbocycles. The zero-order valence-electron chi connectivity index (χ0n) is 13.1. The Morgan fingerprint density at radius 2 is 1.77 bits per heavy atom. The van der Waals surface area contributed by atoms with Crippen LogP contribution in [0.5, 0.6) is 0 Å². The Morgan fingerprint density at radius 3 is 2.32 bits per heavy atom. The van der Waals surface area contributed by atoms with E-state index in [1.807, 2.05) is 48.6 Å². The third-order valence-corrected chi connectivity index (χ3v) is 3.60. The summed E-state index contributed by atoms with van der Waals surface area (Å²) in [6.07, 6.45) is 7.12. The quantitative estimate of drug-likeness (QED) is 0.643. The van der Waals surface area contributed by atoms with Gasteiger partial charge in [-0.1, -0.05) is 24.3 Å². The van der Waals surface area contributed by atoms with E-state index in [0.29, 0.717) is 5.76 Å². The predicted octanol–water partition coefficient (Wildman–Crippen LogP) is 2.07. The van der Waals surface area contributed by atoms with Crippen molar-refractivity contribution < 1.29 is 14.2 Å². The van der Waals surface area contributed by atoms with Crippen molar-refractivity contribution >= 4 is 11.8 Å². The van der Waals surface area contributed by atoms with Crippen molar-refractivity contribution in [1.29, 1.82) is 0 Å². The van der Waals surface area contributed by atoms with E-state index in [-0.39, 0.29) is 0 Å². The zero-order valence-corrected chi connectivity index (χ0v) is 13.1. The molecule has 1 aliphatic rings. The van der Waals surface area contributed by atoms with Gasteiger partial charge in [0, 0.05) is 19.9 Å². The first-order valence-electron chi connectivity index (χ1n) is 6.91. The van der Waals surface area contributed by atoms with Crippen molar-refractivity contribution in [1.82, 2.24) is 0 Å². The molecule has 1 aliphatic carbocycles. The van der Waals surface area contributed by atoms with Crippen LogP contribution in [0.15, 0.2) is 53.8 Å². The largest absolute Gasteiger partial charge is 0.498 e. The molecular weight excluding hydrogens is 280 g/mol. The van der Waals surface area contributed by atoms with Crippen LogP contribution in [0.2, 0.25) is 0 Å². The molecule has 2 rings (SSSR count). The third-order valence-electron chi connectivity index (χ3n) is 3.60. The number of rotatable bonds is 5. The molecule has 0 radical (unpaired) electrons. The highest BCUT2D eigenvalue weighted by atomic mass is 16.6. The highest BCUT2D eigenvalue weighted by Crippen LogP contribution is 2.29. The normalized spacial score (nSPS) is 25.0. The molecule has 0 heterocycles. The molecule has 22 heavy (non-hydrogen) atoms. The second kappa shape index (κ2) is 6.79. The van der Waals surface area contributed by atoms with Crippen LogP contribution in [0.1, 0.15) is 5.56 Å². The van der Waals surface area contributed by atoms with E-state index in [4.69, 9.17) is 25.7 Å². The van der Waals surface area contributed by atoms with Crippen molar-refractivity contribution in [3.63, 3.8) is 0 Å². The Balaban J connectivity index is 2.29. The molecule has 0 amide bonds. The highest BCUT2D eigenvalue weighted by molar-refractivity contribution is 5.58. The number of benzene rings is 1. The zero-order chi connectivity index (χ0) is 16.2. The molecule has 2 atom stereocenters. The number of hydrogen-bond acceptors (Lipinski definition) is 5. The Labute approximate surface area is 130 Å². The lowest BCUT2D eigenvalue weighted by atomic mass is 9.94. The van der Waals surface area contributed by atoms with Crippen LogP contribution < -0.4 is 11.5 Å². The number of nitrogens with two attached hydrogens (primary N) is 2. The van der Waals surface area contributed by atoms with Gasteiger partial charge in [0.1, 0.15) is 5.76 Å². The summed E-state index contributed by atoms with van der Waals surface area (Å²) in [5.74, 6) is 0.617. The Kier molecular flexibility index (Phi) is 5.03. The first-order chi connectivity index (χ1) is 10.5. The Bertz CT molecular complexity index is 605. The molecule has 1 aromatic rings. The summed E-state index contributed by atoms with van der Waals surface area (Å²) < 4.78 is 16.2. The fourth-order valence-electron chi connectivity index (χ4n) is 2.37. The predicted molar refractivity (Wildman–Crippen MR) is 87.8 cm³/mol. The van der Waals surface area contributed by atoms with Gasteiger partial charge in [-0.05, 0) is 35.4 Å². The molecular formula is C17H22N2O3. The molecule has 4 N–H and O–H groups in total. The monoisotopic (exact) mass is 302 g/mol. The number of methoxy groups -OCH3 is 3. The van der Waals surface area contributed by atoms with E-state index < -0.39 is 11.8 Å².